The van der Waals surface area contributed by atoms with Crippen LogP contribution in [-0.2, 0) is 24.2 Å². The van der Waals surface area contributed by atoms with Crippen molar-refractivity contribution in [1.29, 1.82) is 0 Å². The van der Waals surface area contributed by atoms with Gasteiger partial charge in [-0.05, 0) is 56.2 Å². The number of H-pyrrole nitrogens is 1. The van der Waals surface area contributed by atoms with Gasteiger partial charge in [0.05, 0.1) is 0 Å². The van der Waals surface area contributed by atoms with Crippen LogP contribution in [0.4, 0.5) is 5.82 Å². The van der Waals surface area contributed by atoms with Crippen LogP contribution in [0.25, 0.3) is 11.0 Å². The molecule has 156 valence electrons. The number of nitrogens with one attached hydrogen (secondary N) is 2. The summed E-state index contributed by atoms with van der Waals surface area (Å²) < 4.78 is 7.05. The minimum absolute atomic E-state index is 0.164. The zero-order valence-electron chi connectivity index (χ0n) is 17.6. The van der Waals surface area contributed by atoms with Gasteiger partial charge in [-0.3, -0.25) is 4.79 Å². The second-order valence-electron chi connectivity index (χ2n) is 7.28. The van der Waals surface area contributed by atoms with Crippen LogP contribution in [0, 0.1) is 6.92 Å². The topological polar surface area (TPSA) is 84.8 Å². The van der Waals surface area contributed by atoms with Crippen LogP contribution in [0.5, 0.6) is 0 Å². The van der Waals surface area contributed by atoms with E-state index in [2.05, 4.69) is 52.7 Å². The number of hydrogen-bond acceptors (Lipinski definition) is 5. The lowest BCUT2D eigenvalue weighted by molar-refractivity contribution is 0.142. The Morgan fingerprint density at radius 1 is 1.17 bits per heavy atom. The van der Waals surface area contributed by atoms with Gasteiger partial charge in [0.15, 0.2) is 5.52 Å². The highest BCUT2D eigenvalue weighted by atomic mass is 16.5. The van der Waals surface area contributed by atoms with Crippen molar-refractivity contribution in [3.8, 4) is 0 Å². The Kier molecular flexibility index (Phi) is 7.41. The molecule has 0 saturated heterocycles. The second kappa shape index (κ2) is 10.2. The molecule has 0 amide bonds. The van der Waals surface area contributed by atoms with Crippen molar-refractivity contribution in [2.75, 3.05) is 18.5 Å². The Balaban J connectivity index is 1.63. The number of unbranched alkanes of at least 4 members (excludes halogenated alkanes) is 2. The van der Waals surface area contributed by atoms with Crippen molar-refractivity contribution in [3.05, 3.63) is 51.3 Å². The number of aryl methyl sites for hydroxylation is 3. The fourth-order valence-corrected chi connectivity index (χ4v) is 3.46. The van der Waals surface area contributed by atoms with Crippen LogP contribution in [0.2, 0.25) is 0 Å². The van der Waals surface area contributed by atoms with E-state index in [4.69, 9.17) is 4.74 Å². The molecule has 3 aromatic rings. The summed E-state index contributed by atoms with van der Waals surface area (Å²) in [5.74, 6) is 0.657. The number of aromatic nitrogens is 4. The predicted octanol–water partition coefficient (Wildman–Crippen LogP) is 3.81. The minimum Gasteiger partial charge on any atom is -0.382 e. The quantitative estimate of drug-likeness (QED) is 0.481. The van der Waals surface area contributed by atoms with E-state index in [1.807, 2.05) is 13.0 Å². The number of nitrogens with zero attached hydrogens (tertiary/aromatic N) is 3. The molecular weight excluding hydrogens is 366 g/mol. The van der Waals surface area contributed by atoms with Crippen molar-refractivity contribution in [2.24, 2.45) is 0 Å². The molecule has 0 radical (unpaired) electrons. The average molecular weight is 398 g/mol. The minimum atomic E-state index is -0.164. The zero-order chi connectivity index (χ0) is 20.6. The van der Waals surface area contributed by atoms with Crippen LogP contribution >= 0.6 is 0 Å². The van der Waals surface area contributed by atoms with E-state index < -0.39 is 0 Å². The van der Waals surface area contributed by atoms with E-state index in [9.17, 15) is 4.79 Å². The Labute approximate surface area is 171 Å². The first kappa shape index (κ1) is 21.0. The molecule has 0 spiro atoms. The number of pyridine rings is 1. The molecule has 2 heterocycles. The van der Waals surface area contributed by atoms with Gasteiger partial charge in [-0.1, -0.05) is 30.3 Å². The third-order valence-electron chi connectivity index (χ3n) is 5.15. The first-order chi connectivity index (χ1) is 14.1. The maximum absolute atomic E-state index is 12.6. The first-order valence-electron chi connectivity index (χ1n) is 10.5. The van der Waals surface area contributed by atoms with Gasteiger partial charge in [0.1, 0.15) is 11.3 Å². The Bertz CT molecular complexity index is 993. The predicted molar refractivity (Wildman–Crippen MR) is 116 cm³/mol. The molecule has 0 aliphatic rings. The normalized spacial score (nSPS) is 11.3. The fourth-order valence-electron chi connectivity index (χ4n) is 3.46. The molecule has 0 saturated carbocycles. The number of rotatable bonds is 11. The monoisotopic (exact) mass is 397 g/mol. The van der Waals surface area contributed by atoms with E-state index in [1.54, 1.807) is 4.68 Å². The summed E-state index contributed by atoms with van der Waals surface area (Å²) >= 11 is 0. The highest BCUT2D eigenvalue weighted by Gasteiger charge is 2.10. The molecule has 0 bridgehead atoms. The molecule has 7 nitrogen and oxygen atoms in total. The summed E-state index contributed by atoms with van der Waals surface area (Å²) in [5.41, 5.74) is 4.82. The number of anilines is 1. The maximum Gasteiger partial charge on any atom is 0.277 e. The molecule has 2 aromatic heterocycles. The van der Waals surface area contributed by atoms with Gasteiger partial charge in [0.25, 0.3) is 5.56 Å². The summed E-state index contributed by atoms with van der Waals surface area (Å²) in [6, 6.07) is 8.31. The van der Waals surface area contributed by atoms with Crippen LogP contribution < -0.4 is 10.9 Å². The van der Waals surface area contributed by atoms with Crippen LogP contribution in [0.1, 0.15) is 49.8 Å². The largest absolute Gasteiger partial charge is 0.382 e. The van der Waals surface area contributed by atoms with Gasteiger partial charge < -0.3 is 15.0 Å². The standard InChI is InChI=1S/C22H31N5O2/c1-4-18-13-17(10-9-16(18)3)15-23-20-14-19-21(22(28)24-20)27(26-25-19)11-7-6-8-12-29-5-2/h9-10,13-14H,4-8,11-12,15H2,1-3H3,(H2,23,24,28). The Hall–Kier alpha value is -2.67. The number of hydrogen-bond donors (Lipinski definition) is 2. The van der Waals surface area contributed by atoms with Crippen molar-refractivity contribution >= 4 is 16.9 Å². The Morgan fingerprint density at radius 3 is 2.83 bits per heavy atom. The van der Waals surface area contributed by atoms with Crippen molar-refractivity contribution in [1.82, 2.24) is 20.0 Å². The lowest BCUT2D eigenvalue weighted by Crippen LogP contribution is -2.14. The number of fused-ring (bicyclic) bond motifs is 1. The van der Waals surface area contributed by atoms with Gasteiger partial charge >= 0.3 is 0 Å². The highest BCUT2D eigenvalue weighted by Crippen LogP contribution is 2.15. The maximum atomic E-state index is 12.6. The zero-order valence-corrected chi connectivity index (χ0v) is 17.6. The van der Waals surface area contributed by atoms with Gasteiger partial charge in [0, 0.05) is 32.4 Å². The van der Waals surface area contributed by atoms with Gasteiger partial charge in [0.2, 0.25) is 0 Å². The van der Waals surface area contributed by atoms with E-state index in [1.165, 1.54) is 16.7 Å². The average Bonchev–Trinajstić information content (AvgIpc) is 3.13. The molecule has 29 heavy (non-hydrogen) atoms. The molecule has 2 N–H and O–H groups in total. The summed E-state index contributed by atoms with van der Waals surface area (Å²) in [6.45, 7) is 9.15. The van der Waals surface area contributed by atoms with Crippen molar-refractivity contribution in [3.63, 3.8) is 0 Å². The van der Waals surface area contributed by atoms with E-state index in [0.717, 1.165) is 38.9 Å². The number of aromatic amines is 1. The van der Waals surface area contributed by atoms with Crippen LogP contribution in [-0.4, -0.2) is 33.2 Å². The first-order valence-corrected chi connectivity index (χ1v) is 10.5. The summed E-state index contributed by atoms with van der Waals surface area (Å²) in [6.07, 6.45) is 4.01. The molecule has 3 rings (SSSR count). The molecule has 0 fully saturated rings. The SMILES string of the molecule is CCOCCCCCn1nnc2cc(NCc3ccc(C)c(CC)c3)[nH]c(=O)c21. The van der Waals surface area contributed by atoms with Crippen molar-refractivity contribution in [2.45, 2.75) is 59.5 Å². The van der Waals surface area contributed by atoms with E-state index in [-0.39, 0.29) is 5.56 Å². The molecule has 0 aliphatic heterocycles. The van der Waals surface area contributed by atoms with Crippen LogP contribution in [0.15, 0.2) is 29.1 Å². The number of benzene rings is 1. The van der Waals surface area contributed by atoms with E-state index >= 15 is 0 Å². The molecule has 0 atom stereocenters. The highest BCUT2D eigenvalue weighted by molar-refractivity contribution is 5.76. The third kappa shape index (κ3) is 5.44. The Morgan fingerprint density at radius 2 is 2.03 bits per heavy atom. The van der Waals surface area contributed by atoms with Gasteiger partial charge in [-0.2, -0.15) is 0 Å². The molecule has 0 unspecified atom stereocenters. The summed E-state index contributed by atoms with van der Waals surface area (Å²) in [7, 11) is 0. The second-order valence-corrected chi connectivity index (χ2v) is 7.28. The van der Waals surface area contributed by atoms with Gasteiger partial charge in [-0.15, -0.1) is 5.10 Å². The molecular formula is C22H31N5O2. The molecule has 7 heteroatoms. The smallest absolute Gasteiger partial charge is 0.277 e. The van der Waals surface area contributed by atoms with E-state index in [0.29, 0.717) is 29.9 Å². The lowest BCUT2D eigenvalue weighted by Gasteiger charge is -2.09. The summed E-state index contributed by atoms with van der Waals surface area (Å²) in [4.78, 5) is 15.5. The molecule has 0 aliphatic carbocycles. The fraction of sp³-hybridized carbons (Fsp3) is 0.500. The summed E-state index contributed by atoms with van der Waals surface area (Å²) in [5, 5.41) is 11.7. The third-order valence-corrected chi connectivity index (χ3v) is 5.15. The van der Waals surface area contributed by atoms with Gasteiger partial charge in [-0.25, -0.2) is 4.68 Å². The lowest BCUT2D eigenvalue weighted by atomic mass is 10.0. The van der Waals surface area contributed by atoms with Crippen LogP contribution in [0.3, 0.4) is 0 Å². The number of ether oxygens (including phenoxy) is 1. The molecule has 1 aromatic carbocycles. The van der Waals surface area contributed by atoms with Crippen molar-refractivity contribution < 1.29 is 4.74 Å².